The molecule has 0 aliphatic carbocycles. The molecule has 0 unspecified atom stereocenters. The monoisotopic (exact) mass is 221 g/mol. The molecular formula is C13H19N2O+. The Morgan fingerprint density at radius 1 is 1.38 bits per heavy atom. The van der Waals surface area contributed by atoms with Gasteiger partial charge in [0.1, 0.15) is 5.75 Å². The first-order valence-corrected chi connectivity index (χ1v) is 5.32. The summed E-state index contributed by atoms with van der Waals surface area (Å²) in [6, 6.07) is 5.27. The van der Waals surface area contributed by atoms with Crippen LogP contribution in [0.3, 0.4) is 0 Å². The highest BCUT2D eigenvalue weighted by molar-refractivity contribution is 5.88. The zero-order chi connectivity index (χ0) is 13.6. The summed E-state index contributed by atoms with van der Waals surface area (Å²) in [4.78, 5) is 3.07. The van der Waals surface area contributed by atoms with Gasteiger partial charge in [-0.1, -0.05) is 6.07 Å². The maximum Gasteiger partial charge on any atom is 0.125 e. The lowest BCUT2D eigenvalue weighted by molar-refractivity contribution is -0.870. The SMILES string of the molecule is [2H]C([2H])(Cc1c[nH]c2cccc(O)c12)[N+](C)(C)C. The van der Waals surface area contributed by atoms with Crippen molar-refractivity contribution in [3.63, 3.8) is 0 Å². The summed E-state index contributed by atoms with van der Waals surface area (Å²) in [6.07, 6.45) is 2.03. The first kappa shape index (κ1) is 8.65. The van der Waals surface area contributed by atoms with Gasteiger partial charge in [0, 0.05) is 23.5 Å². The molecule has 16 heavy (non-hydrogen) atoms. The van der Waals surface area contributed by atoms with Crippen molar-refractivity contribution >= 4 is 10.9 Å². The lowest BCUT2D eigenvalue weighted by atomic mass is 10.1. The molecular weight excluding hydrogens is 200 g/mol. The van der Waals surface area contributed by atoms with Crippen LogP contribution in [0.5, 0.6) is 5.75 Å². The highest BCUT2D eigenvalue weighted by Crippen LogP contribution is 2.27. The van der Waals surface area contributed by atoms with Gasteiger partial charge in [-0.2, -0.15) is 0 Å². The van der Waals surface area contributed by atoms with Gasteiger partial charge in [0.15, 0.2) is 0 Å². The van der Waals surface area contributed by atoms with Crippen molar-refractivity contribution in [3.8, 4) is 5.75 Å². The number of aryl methyl sites for hydroxylation is 1. The Hall–Kier alpha value is -1.48. The Morgan fingerprint density at radius 2 is 2.12 bits per heavy atom. The van der Waals surface area contributed by atoms with E-state index in [9.17, 15) is 5.11 Å². The van der Waals surface area contributed by atoms with Gasteiger partial charge in [0.05, 0.1) is 30.4 Å². The molecule has 3 heteroatoms. The maximum atomic E-state index is 9.89. The zero-order valence-corrected chi connectivity index (χ0v) is 9.91. The number of phenols is 1. The van der Waals surface area contributed by atoms with E-state index in [1.165, 1.54) is 0 Å². The van der Waals surface area contributed by atoms with Crippen LogP contribution in [0.2, 0.25) is 0 Å². The lowest BCUT2D eigenvalue weighted by Gasteiger charge is -2.23. The number of nitrogens with one attached hydrogen (secondary N) is 1. The van der Waals surface area contributed by atoms with Gasteiger partial charge in [0.25, 0.3) is 0 Å². The highest BCUT2D eigenvalue weighted by Gasteiger charge is 2.12. The molecule has 0 bridgehead atoms. The number of hydrogen-bond donors (Lipinski definition) is 2. The second kappa shape index (κ2) is 3.83. The second-order valence-corrected chi connectivity index (χ2v) is 4.86. The Bertz CT molecular complexity index is 570. The topological polar surface area (TPSA) is 36.0 Å². The summed E-state index contributed by atoms with van der Waals surface area (Å²) < 4.78 is 16.5. The normalized spacial score (nSPS) is 14.9. The molecule has 0 aliphatic rings. The molecule has 0 saturated heterocycles. The molecule has 2 N–H and O–H groups in total. The summed E-state index contributed by atoms with van der Waals surface area (Å²) in [7, 11) is 5.48. The minimum atomic E-state index is -1.39. The molecule has 0 fully saturated rings. The molecule has 1 heterocycles. The zero-order valence-electron chi connectivity index (χ0n) is 11.9. The van der Waals surface area contributed by atoms with Crippen molar-refractivity contribution < 1.29 is 12.3 Å². The van der Waals surface area contributed by atoms with Crippen molar-refractivity contribution in [1.82, 2.24) is 4.98 Å². The fourth-order valence-electron chi connectivity index (χ4n) is 1.70. The lowest BCUT2D eigenvalue weighted by Crippen LogP contribution is -2.36. The Balaban J connectivity index is 2.45. The maximum absolute atomic E-state index is 9.89. The number of hydrogen-bond acceptors (Lipinski definition) is 1. The number of H-pyrrole nitrogens is 1. The third-order valence-corrected chi connectivity index (χ3v) is 2.51. The fourth-order valence-corrected chi connectivity index (χ4v) is 1.70. The van der Waals surface area contributed by atoms with E-state index in [4.69, 9.17) is 2.74 Å². The van der Waals surface area contributed by atoms with Crippen LogP contribution in [-0.2, 0) is 6.42 Å². The number of aromatic amines is 1. The third-order valence-electron chi connectivity index (χ3n) is 2.51. The average Bonchev–Trinajstić information content (AvgIpc) is 2.60. The van der Waals surface area contributed by atoms with Crippen molar-refractivity contribution in [2.75, 3.05) is 27.6 Å². The van der Waals surface area contributed by atoms with E-state index in [0.29, 0.717) is 0 Å². The third kappa shape index (κ3) is 2.19. The number of likely N-dealkylation sites (N-methyl/N-ethyl adjacent to an activating group) is 1. The first-order valence-electron chi connectivity index (χ1n) is 6.32. The van der Waals surface area contributed by atoms with Crippen molar-refractivity contribution in [2.24, 2.45) is 0 Å². The number of aromatic hydroxyl groups is 1. The molecule has 86 valence electrons. The molecule has 0 amide bonds. The molecule has 0 radical (unpaired) electrons. The molecule has 2 rings (SSSR count). The van der Waals surface area contributed by atoms with Crippen LogP contribution in [0.25, 0.3) is 10.9 Å². The van der Waals surface area contributed by atoms with E-state index in [1.807, 2.05) is 27.2 Å². The highest BCUT2D eigenvalue weighted by atomic mass is 16.3. The van der Waals surface area contributed by atoms with Crippen LogP contribution >= 0.6 is 0 Å². The van der Waals surface area contributed by atoms with Crippen LogP contribution in [0.1, 0.15) is 8.30 Å². The summed E-state index contributed by atoms with van der Waals surface area (Å²) >= 11 is 0. The minimum absolute atomic E-state index is 0.195. The molecule has 0 saturated carbocycles. The number of benzene rings is 1. The largest absolute Gasteiger partial charge is 0.507 e. The summed E-state index contributed by atoms with van der Waals surface area (Å²) in [5.74, 6) is 0.195. The van der Waals surface area contributed by atoms with Crippen LogP contribution in [0.4, 0.5) is 0 Å². The molecule has 0 spiro atoms. The van der Waals surface area contributed by atoms with Gasteiger partial charge in [-0.15, -0.1) is 0 Å². The summed E-state index contributed by atoms with van der Waals surface area (Å²) in [5, 5.41) is 10.6. The summed E-state index contributed by atoms with van der Waals surface area (Å²) in [6.45, 7) is -1.39. The van der Waals surface area contributed by atoms with Gasteiger partial charge in [-0.05, 0) is 17.7 Å². The summed E-state index contributed by atoms with van der Waals surface area (Å²) in [5.41, 5.74) is 1.64. The van der Waals surface area contributed by atoms with Gasteiger partial charge in [-0.3, -0.25) is 0 Å². The number of quaternary nitrogens is 1. The van der Waals surface area contributed by atoms with Crippen LogP contribution in [0, 0.1) is 0 Å². The van der Waals surface area contributed by atoms with E-state index in [-0.39, 0.29) is 16.7 Å². The Morgan fingerprint density at radius 3 is 2.81 bits per heavy atom. The molecule has 0 atom stereocenters. The van der Waals surface area contributed by atoms with E-state index in [1.54, 1.807) is 18.3 Å². The van der Waals surface area contributed by atoms with Gasteiger partial charge in [-0.25, -0.2) is 0 Å². The predicted octanol–water partition coefficient (Wildman–Crippen LogP) is 2.12. The van der Waals surface area contributed by atoms with E-state index < -0.39 is 6.50 Å². The molecule has 1 aromatic heterocycles. The van der Waals surface area contributed by atoms with Crippen LogP contribution in [0.15, 0.2) is 24.4 Å². The number of fused-ring (bicyclic) bond motifs is 1. The smallest absolute Gasteiger partial charge is 0.125 e. The number of nitrogens with zero attached hydrogens (tertiary/aromatic N) is 1. The van der Waals surface area contributed by atoms with Crippen LogP contribution in [-0.4, -0.2) is 42.2 Å². The molecule has 1 aromatic carbocycles. The van der Waals surface area contributed by atoms with Crippen molar-refractivity contribution in [3.05, 3.63) is 30.0 Å². The van der Waals surface area contributed by atoms with Gasteiger partial charge in [0.2, 0.25) is 0 Å². The Kier molecular flexibility index (Phi) is 2.07. The van der Waals surface area contributed by atoms with E-state index >= 15 is 0 Å². The van der Waals surface area contributed by atoms with Crippen molar-refractivity contribution in [1.29, 1.82) is 0 Å². The van der Waals surface area contributed by atoms with E-state index in [0.717, 1.165) is 16.5 Å². The quantitative estimate of drug-likeness (QED) is 0.765. The number of phenolic OH excluding ortho intramolecular Hbond substituents is 1. The minimum Gasteiger partial charge on any atom is -0.507 e. The van der Waals surface area contributed by atoms with Crippen molar-refractivity contribution in [2.45, 2.75) is 6.42 Å². The van der Waals surface area contributed by atoms with E-state index in [2.05, 4.69) is 4.98 Å². The fraction of sp³-hybridized carbons (Fsp3) is 0.385. The first-order chi connectivity index (χ1) is 8.22. The number of rotatable bonds is 3. The average molecular weight is 221 g/mol. The van der Waals surface area contributed by atoms with Crippen LogP contribution < -0.4 is 0 Å². The molecule has 0 aliphatic heterocycles. The van der Waals surface area contributed by atoms with Gasteiger partial charge < -0.3 is 14.6 Å². The number of aromatic nitrogens is 1. The standard InChI is InChI=1S/C13H18N2O/c1-15(2,3)8-7-10-9-14-11-5-4-6-12(16)13(10)11/h4-6,9,14H,7-8H2,1-3H3/p+1/i8D2. The molecule has 3 nitrogen and oxygen atoms in total. The predicted molar refractivity (Wildman–Crippen MR) is 66.6 cm³/mol. The molecule has 2 aromatic rings. The second-order valence-electron chi connectivity index (χ2n) is 4.86. The van der Waals surface area contributed by atoms with Gasteiger partial charge >= 0.3 is 0 Å². The Labute approximate surface area is 98.7 Å².